The molecule has 1 amide bonds. The predicted octanol–water partition coefficient (Wildman–Crippen LogP) is 1.96. The van der Waals surface area contributed by atoms with Crippen LogP contribution in [0.3, 0.4) is 0 Å². The van der Waals surface area contributed by atoms with Crippen molar-refractivity contribution in [2.24, 2.45) is 5.92 Å². The van der Waals surface area contributed by atoms with Gasteiger partial charge in [-0.25, -0.2) is 12.7 Å². The molecular formula is C20H31N3O3S. The van der Waals surface area contributed by atoms with Crippen molar-refractivity contribution in [2.45, 2.75) is 45.7 Å². The Morgan fingerprint density at radius 1 is 1.07 bits per heavy atom. The van der Waals surface area contributed by atoms with Crippen molar-refractivity contribution in [3.63, 3.8) is 0 Å². The molecule has 2 heterocycles. The molecule has 0 bridgehead atoms. The number of piperidine rings is 1. The predicted molar refractivity (Wildman–Crippen MR) is 107 cm³/mol. The van der Waals surface area contributed by atoms with Crippen LogP contribution in [-0.4, -0.2) is 55.5 Å². The Hall–Kier alpha value is -1.44. The molecule has 6 nitrogen and oxygen atoms in total. The lowest BCUT2D eigenvalue weighted by atomic mass is 9.98. The molecule has 2 saturated heterocycles. The highest BCUT2D eigenvalue weighted by molar-refractivity contribution is 7.89. The Morgan fingerprint density at radius 3 is 2.41 bits per heavy atom. The summed E-state index contributed by atoms with van der Waals surface area (Å²) in [6, 6.07) is 8.41. The number of carbonyl (C=O) groups is 1. The molecule has 7 heteroatoms. The third-order valence-corrected chi connectivity index (χ3v) is 7.46. The second kappa shape index (κ2) is 9.17. The zero-order chi connectivity index (χ0) is 19.3. The summed E-state index contributed by atoms with van der Waals surface area (Å²) in [5.41, 5.74) is 2.38. The standard InChI is InChI=1S/C20H31N3O3S/c1-2-27(25,26)23-13-5-6-19(16-23)20(24)21-14-17-7-9-18(10-8-17)15-22-11-3-4-12-22/h7-10,19H,2-6,11-16H2,1H3,(H,21,24). The van der Waals surface area contributed by atoms with Crippen molar-refractivity contribution in [3.05, 3.63) is 35.4 Å². The van der Waals surface area contributed by atoms with Gasteiger partial charge in [0.15, 0.2) is 0 Å². The fraction of sp³-hybridized carbons (Fsp3) is 0.650. The monoisotopic (exact) mass is 393 g/mol. The quantitative estimate of drug-likeness (QED) is 0.769. The van der Waals surface area contributed by atoms with E-state index in [1.165, 1.54) is 35.8 Å². The number of hydrogen-bond donors (Lipinski definition) is 1. The summed E-state index contributed by atoms with van der Waals surface area (Å²) in [5, 5.41) is 2.98. The van der Waals surface area contributed by atoms with Crippen molar-refractivity contribution in [2.75, 3.05) is 31.9 Å². The van der Waals surface area contributed by atoms with Crippen molar-refractivity contribution < 1.29 is 13.2 Å². The third kappa shape index (κ3) is 5.53. The van der Waals surface area contributed by atoms with E-state index in [1.54, 1.807) is 6.92 Å². The van der Waals surface area contributed by atoms with E-state index in [1.807, 2.05) is 0 Å². The molecule has 150 valence electrons. The Morgan fingerprint density at radius 2 is 1.74 bits per heavy atom. The minimum absolute atomic E-state index is 0.0489. The summed E-state index contributed by atoms with van der Waals surface area (Å²) in [5.74, 6) is -0.216. The highest BCUT2D eigenvalue weighted by Gasteiger charge is 2.31. The van der Waals surface area contributed by atoms with E-state index in [0.29, 0.717) is 19.6 Å². The zero-order valence-electron chi connectivity index (χ0n) is 16.2. The zero-order valence-corrected chi connectivity index (χ0v) is 17.0. The van der Waals surface area contributed by atoms with Gasteiger partial charge in [0.1, 0.15) is 0 Å². The smallest absolute Gasteiger partial charge is 0.224 e. The highest BCUT2D eigenvalue weighted by Crippen LogP contribution is 2.20. The molecule has 0 radical (unpaired) electrons. The van der Waals surface area contributed by atoms with Gasteiger partial charge in [-0.15, -0.1) is 0 Å². The first kappa shape index (κ1) is 20.3. The van der Waals surface area contributed by atoms with Gasteiger partial charge in [-0.3, -0.25) is 9.69 Å². The maximum Gasteiger partial charge on any atom is 0.224 e. The van der Waals surface area contributed by atoms with E-state index >= 15 is 0 Å². The van der Waals surface area contributed by atoms with Gasteiger partial charge in [-0.1, -0.05) is 24.3 Å². The van der Waals surface area contributed by atoms with Crippen molar-refractivity contribution in [1.29, 1.82) is 0 Å². The van der Waals surface area contributed by atoms with Crippen LogP contribution in [0, 0.1) is 5.92 Å². The molecule has 0 saturated carbocycles. The molecule has 1 atom stereocenters. The molecule has 1 aromatic carbocycles. The number of benzene rings is 1. The number of nitrogens with zero attached hydrogens (tertiary/aromatic N) is 2. The lowest BCUT2D eigenvalue weighted by Crippen LogP contribution is -2.45. The van der Waals surface area contributed by atoms with Crippen LogP contribution in [0.4, 0.5) is 0 Å². The van der Waals surface area contributed by atoms with E-state index in [9.17, 15) is 13.2 Å². The maximum absolute atomic E-state index is 12.5. The lowest BCUT2D eigenvalue weighted by molar-refractivity contribution is -0.126. The van der Waals surface area contributed by atoms with E-state index in [2.05, 4.69) is 34.5 Å². The number of sulfonamides is 1. The Kier molecular flexibility index (Phi) is 6.89. The van der Waals surface area contributed by atoms with Gasteiger partial charge in [0.25, 0.3) is 0 Å². The van der Waals surface area contributed by atoms with Crippen molar-refractivity contribution in [1.82, 2.24) is 14.5 Å². The fourth-order valence-electron chi connectivity index (χ4n) is 3.89. The van der Waals surface area contributed by atoms with E-state index in [-0.39, 0.29) is 17.6 Å². The molecule has 3 rings (SSSR count). The first-order valence-electron chi connectivity index (χ1n) is 10.0. The Labute approximate surface area is 163 Å². The Balaban J connectivity index is 1.48. The fourth-order valence-corrected chi connectivity index (χ4v) is 5.07. The van der Waals surface area contributed by atoms with E-state index in [4.69, 9.17) is 0 Å². The molecule has 1 aromatic rings. The molecule has 1 unspecified atom stereocenters. The second-order valence-corrected chi connectivity index (χ2v) is 9.87. The number of carbonyl (C=O) groups excluding carboxylic acids is 1. The summed E-state index contributed by atoms with van der Waals surface area (Å²) in [6.45, 7) is 6.33. The second-order valence-electron chi connectivity index (χ2n) is 7.62. The molecule has 27 heavy (non-hydrogen) atoms. The molecule has 2 aliphatic rings. The summed E-state index contributed by atoms with van der Waals surface area (Å²) < 4.78 is 25.6. The molecule has 1 N–H and O–H groups in total. The topological polar surface area (TPSA) is 69.7 Å². The lowest BCUT2D eigenvalue weighted by Gasteiger charge is -2.30. The summed E-state index contributed by atoms with van der Waals surface area (Å²) in [7, 11) is -3.22. The van der Waals surface area contributed by atoms with Gasteiger partial charge in [0.05, 0.1) is 11.7 Å². The average molecular weight is 394 g/mol. The number of likely N-dealkylation sites (tertiary alicyclic amines) is 1. The molecule has 0 aromatic heterocycles. The highest BCUT2D eigenvalue weighted by atomic mass is 32.2. The van der Waals surface area contributed by atoms with E-state index < -0.39 is 10.0 Å². The number of hydrogen-bond acceptors (Lipinski definition) is 4. The molecule has 0 spiro atoms. The third-order valence-electron chi connectivity index (χ3n) is 5.61. The van der Waals surface area contributed by atoms with Crippen LogP contribution in [0.2, 0.25) is 0 Å². The summed E-state index contributed by atoms with van der Waals surface area (Å²) >= 11 is 0. The van der Waals surface area contributed by atoms with Gasteiger partial charge in [0, 0.05) is 26.2 Å². The molecule has 2 fully saturated rings. The average Bonchev–Trinajstić information content (AvgIpc) is 3.20. The van der Waals surface area contributed by atoms with Crippen molar-refractivity contribution in [3.8, 4) is 0 Å². The van der Waals surface area contributed by atoms with Gasteiger partial charge < -0.3 is 5.32 Å². The summed E-state index contributed by atoms with van der Waals surface area (Å²) in [6.07, 6.45) is 4.07. The molecular weight excluding hydrogens is 362 g/mol. The SMILES string of the molecule is CCS(=O)(=O)N1CCCC(C(=O)NCc2ccc(CN3CCCC3)cc2)C1. The van der Waals surface area contributed by atoms with Gasteiger partial charge in [0.2, 0.25) is 15.9 Å². The first-order chi connectivity index (χ1) is 13.0. The van der Waals surface area contributed by atoms with Crippen LogP contribution in [0.25, 0.3) is 0 Å². The molecule has 0 aliphatic carbocycles. The van der Waals surface area contributed by atoms with Crippen LogP contribution in [-0.2, 0) is 27.9 Å². The van der Waals surface area contributed by atoms with Gasteiger partial charge >= 0.3 is 0 Å². The molecule has 2 aliphatic heterocycles. The minimum Gasteiger partial charge on any atom is -0.352 e. The van der Waals surface area contributed by atoms with Crippen LogP contribution in [0.5, 0.6) is 0 Å². The van der Waals surface area contributed by atoms with Gasteiger partial charge in [-0.2, -0.15) is 0 Å². The number of rotatable bonds is 7. The summed E-state index contributed by atoms with van der Waals surface area (Å²) in [4.78, 5) is 15.0. The van der Waals surface area contributed by atoms with Crippen LogP contribution < -0.4 is 5.32 Å². The largest absolute Gasteiger partial charge is 0.352 e. The van der Waals surface area contributed by atoms with E-state index in [0.717, 1.165) is 24.9 Å². The van der Waals surface area contributed by atoms with Crippen LogP contribution >= 0.6 is 0 Å². The number of nitrogens with one attached hydrogen (secondary N) is 1. The minimum atomic E-state index is -3.22. The number of amides is 1. The van der Waals surface area contributed by atoms with Crippen molar-refractivity contribution >= 4 is 15.9 Å². The Bertz CT molecular complexity index is 727. The van der Waals surface area contributed by atoms with Gasteiger partial charge in [-0.05, 0) is 56.8 Å². The normalized spacial score (nSPS) is 22.0. The van der Waals surface area contributed by atoms with Crippen LogP contribution in [0.1, 0.15) is 43.7 Å². The maximum atomic E-state index is 12.5. The first-order valence-corrected chi connectivity index (χ1v) is 11.6. The van der Waals surface area contributed by atoms with Crippen LogP contribution in [0.15, 0.2) is 24.3 Å².